The van der Waals surface area contributed by atoms with E-state index < -0.39 is 0 Å². The lowest BCUT2D eigenvalue weighted by atomic mass is 9.73. The zero-order valence-corrected chi connectivity index (χ0v) is 10.5. The number of halogens is 1. The molecule has 0 aromatic carbocycles. The Bertz CT molecular complexity index is 266. The van der Waals surface area contributed by atoms with Gasteiger partial charge in [-0.2, -0.15) is 0 Å². The topological polar surface area (TPSA) is 12.5 Å². The number of hydrogen-bond acceptors (Lipinski definition) is 2. The molecule has 86 valence electrons. The average Bonchev–Trinajstić information content (AvgIpc) is 2.23. The van der Waals surface area contributed by atoms with E-state index in [1.165, 1.54) is 0 Å². The van der Waals surface area contributed by atoms with Gasteiger partial charge in [0.15, 0.2) is 0 Å². The van der Waals surface area contributed by atoms with Crippen LogP contribution < -0.4 is 0 Å². The van der Waals surface area contributed by atoms with Gasteiger partial charge in [0.05, 0.1) is 6.10 Å². The van der Waals surface area contributed by atoms with Crippen LogP contribution in [0.25, 0.3) is 0 Å². The number of nitrogens with zero attached hydrogens (tertiary/aromatic N) is 1. The molecule has 15 heavy (non-hydrogen) atoms. The highest BCUT2D eigenvalue weighted by Gasteiger charge is 2.40. The van der Waals surface area contributed by atoms with Crippen molar-refractivity contribution in [3.05, 3.63) is 11.1 Å². The third-order valence-corrected chi connectivity index (χ3v) is 4.37. The predicted molar refractivity (Wildman–Crippen MR) is 63.0 cm³/mol. The van der Waals surface area contributed by atoms with Crippen LogP contribution in [0.4, 0.5) is 0 Å². The average molecular weight is 230 g/mol. The summed E-state index contributed by atoms with van der Waals surface area (Å²) in [6.45, 7) is 3.27. The van der Waals surface area contributed by atoms with Crippen molar-refractivity contribution in [2.75, 3.05) is 20.7 Å². The molecular formula is C12H20ClNO. The van der Waals surface area contributed by atoms with Crippen LogP contribution in [0.5, 0.6) is 0 Å². The SMILES string of the molecule is COC1CC(C)C2C(Cl)=CCN(C)C2C1. The van der Waals surface area contributed by atoms with Gasteiger partial charge in [-0.1, -0.05) is 24.6 Å². The Morgan fingerprint density at radius 3 is 2.87 bits per heavy atom. The highest BCUT2D eigenvalue weighted by Crippen LogP contribution is 2.41. The normalized spacial score (nSPS) is 42.3. The molecule has 1 fully saturated rings. The fraction of sp³-hybridized carbons (Fsp3) is 0.833. The van der Waals surface area contributed by atoms with Gasteiger partial charge in [0.2, 0.25) is 0 Å². The molecule has 2 aliphatic rings. The molecule has 0 aromatic rings. The van der Waals surface area contributed by atoms with E-state index in [9.17, 15) is 0 Å². The first-order chi connectivity index (χ1) is 7.13. The Labute approximate surface area is 97.2 Å². The Hall–Kier alpha value is -0.0500. The van der Waals surface area contributed by atoms with E-state index in [0.29, 0.717) is 24.0 Å². The zero-order valence-electron chi connectivity index (χ0n) is 9.74. The number of likely N-dealkylation sites (N-methyl/N-ethyl adjacent to an activating group) is 1. The van der Waals surface area contributed by atoms with Crippen molar-refractivity contribution in [3.8, 4) is 0 Å². The van der Waals surface area contributed by atoms with Gasteiger partial charge in [-0.05, 0) is 25.8 Å². The summed E-state index contributed by atoms with van der Waals surface area (Å²) in [7, 11) is 4.00. The third kappa shape index (κ3) is 2.08. The minimum atomic E-state index is 0.409. The molecule has 2 nitrogen and oxygen atoms in total. The Morgan fingerprint density at radius 1 is 1.47 bits per heavy atom. The molecular weight excluding hydrogens is 210 g/mol. The van der Waals surface area contributed by atoms with Crippen molar-refractivity contribution in [1.29, 1.82) is 0 Å². The van der Waals surface area contributed by atoms with E-state index in [1.807, 2.05) is 7.11 Å². The van der Waals surface area contributed by atoms with Gasteiger partial charge in [0.1, 0.15) is 0 Å². The number of fused-ring (bicyclic) bond motifs is 1. The highest BCUT2D eigenvalue weighted by molar-refractivity contribution is 6.30. The minimum absolute atomic E-state index is 0.409. The summed E-state index contributed by atoms with van der Waals surface area (Å²) < 4.78 is 5.50. The third-order valence-electron chi connectivity index (χ3n) is 3.96. The first-order valence-electron chi connectivity index (χ1n) is 5.72. The van der Waals surface area contributed by atoms with Crippen LogP contribution in [0.2, 0.25) is 0 Å². The second-order valence-corrected chi connectivity index (χ2v) is 5.36. The van der Waals surface area contributed by atoms with Crippen molar-refractivity contribution in [2.45, 2.75) is 31.9 Å². The van der Waals surface area contributed by atoms with Gasteiger partial charge in [0, 0.05) is 30.6 Å². The quantitative estimate of drug-likeness (QED) is 0.685. The van der Waals surface area contributed by atoms with E-state index >= 15 is 0 Å². The van der Waals surface area contributed by atoms with E-state index in [1.54, 1.807) is 0 Å². The van der Waals surface area contributed by atoms with Crippen LogP contribution in [0, 0.1) is 11.8 Å². The van der Waals surface area contributed by atoms with Crippen LogP contribution in [-0.4, -0.2) is 37.7 Å². The Kier molecular flexibility index (Phi) is 3.39. The molecule has 1 aliphatic carbocycles. The summed E-state index contributed by atoms with van der Waals surface area (Å²) in [6.07, 6.45) is 4.82. The first-order valence-corrected chi connectivity index (χ1v) is 6.10. The molecule has 0 aromatic heterocycles. The molecule has 0 amide bonds. The summed E-state index contributed by atoms with van der Waals surface area (Å²) in [4.78, 5) is 2.40. The molecule has 0 saturated heterocycles. The molecule has 1 aliphatic heterocycles. The van der Waals surface area contributed by atoms with Crippen molar-refractivity contribution >= 4 is 11.6 Å². The highest BCUT2D eigenvalue weighted by atomic mass is 35.5. The molecule has 2 rings (SSSR count). The molecule has 1 heterocycles. The number of hydrogen-bond donors (Lipinski definition) is 0. The number of rotatable bonds is 1. The summed E-state index contributed by atoms with van der Waals surface area (Å²) in [5.41, 5.74) is 0. The smallest absolute Gasteiger partial charge is 0.0589 e. The lowest BCUT2D eigenvalue weighted by molar-refractivity contribution is -0.00615. The lowest BCUT2D eigenvalue weighted by Gasteiger charge is -2.46. The fourth-order valence-electron chi connectivity index (χ4n) is 3.06. The Morgan fingerprint density at radius 2 is 2.20 bits per heavy atom. The summed E-state index contributed by atoms with van der Waals surface area (Å²) in [5.74, 6) is 1.15. The standard InChI is InChI=1S/C12H20ClNO/c1-8-6-9(15-3)7-11-12(8)10(13)4-5-14(11)2/h4,8-9,11-12H,5-7H2,1-3H3. The predicted octanol–water partition coefficient (Wildman–Crippen LogP) is 2.48. The van der Waals surface area contributed by atoms with Crippen molar-refractivity contribution in [2.24, 2.45) is 11.8 Å². The summed E-state index contributed by atoms with van der Waals surface area (Å²) in [6, 6.07) is 0.566. The molecule has 0 N–H and O–H groups in total. The molecule has 0 bridgehead atoms. The van der Waals surface area contributed by atoms with Gasteiger partial charge in [-0.25, -0.2) is 0 Å². The maximum Gasteiger partial charge on any atom is 0.0589 e. The van der Waals surface area contributed by atoms with Gasteiger partial charge in [0.25, 0.3) is 0 Å². The van der Waals surface area contributed by atoms with Crippen molar-refractivity contribution < 1.29 is 4.74 Å². The maximum atomic E-state index is 6.33. The second kappa shape index (κ2) is 4.44. The maximum absolute atomic E-state index is 6.33. The van der Waals surface area contributed by atoms with Gasteiger partial charge in [-0.15, -0.1) is 0 Å². The number of methoxy groups -OCH3 is 1. The van der Waals surface area contributed by atoms with Crippen LogP contribution in [-0.2, 0) is 4.74 Å². The van der Waals surface area contributed by atoms with Crippen molar-refractivity contribution in [3.63, 3.8) is 0 Å². The first kappa shape index (κ1) is 11.4. The van der Waals surface area contributed by atoms with Crippen LogP contribution in [0.3, 0.4) is 0 Å². The molecule has 3 heteroatoms. The molecule has 1 saturated carbocycles. The second-order valence-electron chi connectivity index (χ2n) is 4.93. The minimum Gasteiger partial charge on any atom is -0.381 e. The summed E-state index contributed by atoms with van der Waals surface area (Å²) >= 11 is 6.33. The van der Waals surface area contributed by atoms with Gasteiger partial charge in [-0.3, -0.25) is 4.90 Å². The van der Waals surface area contributed by atoms with Crippen LogP contribution >= 0.6 is 11.6 Å². The van der Waals surface area contributed by atoms with Gasteiger partial charge < -0.3 is 4.74 Å². The van der Waals surface area contributed by atoms with Crippen LogP contribution in [0.15, 0.2) is 11.1 Å². The van der Waals surface area contributed by atoms with E-state index in [0.717, 1.165) is 24.4 Å². The van der Waals surface area contributed by atoms with Crippen LogP contribution in [0.1, 0.15) is 19.8 Å². The fourth-order valence-corrected chi connectivity index (χ4v) is 3.49. The van der Waals surface area contributed by atoms with Crippen molar-refractivity contribution in [1.82, 2.24) is 4.90 Å². The largest absolute Gasteiger partial charge is 0.381 e. The monoisotopic (exact) mass is 229 g/mol. The van der Waals surface area contributed by atoms with E-state index in [-0.39, 0.29) is 0 Å². The number of ether oxygens (including phenoxy) is 1. The lowest BCUT2D eigenvalue weighted by Crippen LogP contribution is -2.49. The molecule has 0 radical (unpaired) electrons. The zero-order chi connectivity index (χ0) is 11.0. The molecule has 0 spiro atoms. The molecule has 4 unspecified atom stereocenters. The van der Waals surface area contributed by atoms with E-state index in [4.69, 9.17) is 16.3 Å². The Balaban J connectivity index is 2.19. The molecule has 4 atom stereocenters. The summed E-state index contributed by atoms with van der Waals surface area (Å²) in [5, 5.41) is 1.07. The van der Waals surface area contributed by atoms with Gasteiger partial charge >= 0.3 is 0 Å². The van der Waals surface area contributed by atoms with E-state index in [2.05, 4.69) is 24.9 Å².